The highest BCUT2D eigenvalue weighted by atomic mass is 16.6. The lowest BCUT2D eigenvalue weighted by atomic mass is 10.1. The number of carbonyl (C=O) groups excluding carboxylic acids is 1. The van der Waals surface area contributed by atoms with E-state index in [0.29, 0.717) is 23.2 Å². The van der Waals surface area contributed by atoms with Crippen LogP contribution in [-0.4, -0.2) is 21.0 Å². The Morgan fingerprint density at radius 2 is 1.78 bits per heavy atom. The third-order valence-electron chi connectivity index (χ3n) is 3.51. The number of hydrogen-bond donors (Lipinski definition) is 0. The van der Waals surface area contributed by atoms with E-state index in [2.05, 4.69) is 5.10 Å². The van der Waals surface area contributed by atoms with E-state index in [1.165, 1.54) is 10.7 Å². The fourth-order valence-corrected chi connectivity index (χ4v) is 2.39. The van der Waals surface area contributed by atoms with Gasteiger partial charge in [0, 0.05) is 11.6 Å². The van der Waals surface area contributed by atoms with E-state index >= 15 is 0 Å². The third kappa shape index (κ3) is 3.01. The molecule has 0 aliphatic carbocycles. The lowest BCUT2D eigenvalue weighted by Crippen LogP contribution is -2.07. The molecule has 0 N–H and O–H groups in total. The fraction of sp³-hybridized carbons (Fsp3) is 0.0588. The third-order valence-corrected chi connectivity index (χ3v) is 3.51. The van der Waals surface area contributed by atoms with Gasteiger partial charge in [0.2, 0.25) is 0 Å². The molecule has 2 aromatic carbocycles. The molecule has 0 radical (unpaired) electrons. The van der Waals surface area contributed by atoms with E-state index in [0.717, 1.165) is 5.56 Å². The number of rotatable bonds is 5. The highest BCUT2D eigenvalue weighted by molar-refractivity contribution is 5.76. The molecule has 1 aromatic heterocycles. The number of aldehydes is 1. The molecule has 0 amide bonds. The first-order valence-corrected chi connectivity index (χ1v) is 7.00. The van der Waals surface area contributed by atoms with Crippen LogP contribution in [0, 0.1) is 10.1 Å². The van der Waals surface area contributed by atoms with Gasteiger partial charge in [-0.15, -0.1) is 0 Å². The number of benzene rings is 2. The second-order valence-corrected chi connectivity index (χ2v) is 4.98. The normalized spacial score (nSPS) is 10.4. The van der Waals surface area contributed by atoms with Gasteiger partial charge in [-0.05, 0) is 6.07 Å². The minimum Gasteiger partial charge on any atom is -0.296 e. The number of nitro groups is 1. The molecule has 0 fully saturated rings. The van der Waals surface area contributed by atoms with Crippen molar-refractivity contribution in [2.45, 2.75) is 6.54 Å². The average Bonchev–Trinajstić information content (AvgIpc) is 2.99. The Labute approximate surface area is 132 Å². The monoisotopic (exact) mass is 307 g/mol. The number of carbonyl (C=O) groups is 1. The second kappa shape index (κ2) is 6.23. The summed E-state index contributed by atoms with van der Waals surface area (Å²) in [6.45, 7) is 0.165. The standard InChI is InChI=1S/C17H13N3O3/c21-12-15-10-16(13-6-2-1-3-7-13)18-19(15)11-14-8-4-5-9-17(14)20(22)23/h1-10,12H,11H2. The zero-order valence-corrected chi connectivity index (χ0v) is 12.1. The van der Waals surface area contributed by atoms with Crippen LogP contribution in [0.15, 0.2) is 60.7 Å². The molecule has 0 atom stereocenters. The molecule has 0 aliphatic heterocycles. The van der Waals surface area contributed by atoms with Crippen LogP contribution in [0.1, 0.15) is 16.1 Å². The van der Waals surface area contributed by atoms with Gasteiger partial charge in [-0.2, -0.15) is 5.10 Å². The van der Waals surface area contributed by atoms with Crippen LogP contribution in [0.4, 0.5) is 5.69 Å². The Morgan fingerprint density at radius 3 is 2.48 bits per heavy atom. The molecule has 6 nitrogen and oxygen atoms in total. The van der Waals surface area contributed by atoms with Crippen molar-refractivity contribution in [2.24, 2.45) is 0 Å². The predicted molar refractivity (Wildman–Crippen MR) is 85.2 cm³/mol. The molecule has 0 saturated carbocycles. The summed E-state index contributed by atoms with van der Waals surface area (Å²) in [6, 6.07) is 17.6. The van der Waals surface area contributed by atoms with Crippen molar-refractivity contribution in [2.75, 3.05) is 0 Å². The van der Waals surface area contributed by atoms with Crippen molar-refractivity contribution in [1.29, 1.82) is 0 Å². The summed E-state index contributed by atoms with van der Waals surface area (Å²) in [6.07, 6.45) is 0.703. The second-order valence-electron chi connectivity index (χ2n) is 4.98. The number of para-hydroxylation sites is 1. The maximum atomic E-state index is 11.3. The van der Waals surface area contributed by atoms with Gasteiger partial charge in [-0.1, -0.05) is 48.5 Å². The Bertz CT molecular complexity index is 857. The van der Waals surface area contributed by atoms with E-state index in [9.17, 15) is 14.9 Å². The zero-order chi connectivity index (χ0) is 16.2. The molecule has 0 aliphatic rings. The van der Waals surface area contributed by atoms with Crippen molar-refractivity contribution in [3.8, 4) is 11.3 Å². The molecule has 114 valence electrons. The first-order valence-electron chi connectivity index (χ1n) is 7.00. The fourth-order valence-electron chi connectivity index (χ4n) is 2.39. The molecule has 0 spiro atoms. The molecule has 3 rings (SSSR count). The Balaban J connectivity index is 2.00. The van der Waals surface area contributed by atoms with E-state index < -0.39 is 4.92 Å². The summed E-state index contributed by atoms with van der Waals surface area (Å²) >= 11 is 0. The first kappa shape index (κ1) is 14.6. The maximum absolute atomic E-state index is 11.3. The van der Waals surface area contributed by atoms with Gasteiger partial charge in [0.25, 0.3) is 5.69 Å². The van der Waals surface area contributed by atoms with Crippen LogP contribution in [0.3, 0.4) is 0 Å². The summed E-state index contributed by atoms with van der Waals surface area (Å²) in [7, 11) is 0. The minimum atomic E-state index is -0.433. The van der Waals surface area contributed by atoms with E-state index in [-0.39, 0.29) is 12.2 Å². The zero-order valence-electron chi connectivity index (χ0n) is 12.1. The minimum absolute atomic E-state index is 0.0149. The average molecular weight is 307 g/mol. The summed E-state index contributed by atoms with van der Waals surface area (Å²) < 4.78 is 1.48. The van der Waals surface area contributed by atoms with Gasteiger partial charge in [-0.3, -0.25) is 19.6 Å². The summed E-state index contributed by atoms with van der Waals surface area (Å²) in [5, 5.41) is 15.5. The van der Waals surface area contributed by atoms with Crippen LogP contribution in [0.25, 0.3) is 11.3 Å². The summed E-state index contributed by atoms with van der Waals surface area (Å²) in [5.41, 5.74) is 2.44. The molecule has 0 bridgehead atoms. The van der Waals surface area contributed by atoms with Crippen LogP contribution >= 0.6 is 0 Å². The van der Waals surface area contributed by atoms with Crippen LogP contribution in [0.5, 0.6) is 0 Å². The SMILES string of the molecule is O=Cc1cc(-c2ccccc2)nn1Cc1ccccc1[N+](=O)[O-]. The van der Waals surface area contributed by atoms with Gasteiger partial charge in [0.15, 0.2) is 6.29 Å². The number of nitrogens with zero attached hydrogens (tertiary/aromatic N) is 3. The van der Waals surface area contributed by atoms with Gasteiger partial charge >= 0.3 is 0 Å². The lowest BCUT2D eigenvalue weighted by Gasteiger charge is -2.05. The largest absolute Gasteiger partial charge is 0.296 e. The van der Waals surface area contributed by atoms with Crippen molar-refractivity contribution in [3.05, 3.63) is 82.0 Å². The van der Waals surface area contributed by atoms with Crippen molar-refractivity contribution < 1.29 is 9.72 Å². The summed E-state index contributed by atoms with van der Waals surface area (Å²) in [4.78, 5) is 22.0. The molecule has 23 heavy (non-hydrogen) atoms. The Hall–Kier alpha value is -3.28. The van der Waals surface area contributed by atoms with E-state index in [1.807, 2.05) is 30.3 Å². The van der Waals surface area contributed by atoms with Crippen molar-refractivity contribution in [1.82, 2.24) is 9.78 Å². The first-order chi connectivity index (χ1) is 11.2. The Kier molecular flexibility index (Phi) is 3.97. The van der Waals surface area contributed by atoms with Gasteiger partial charge in [-0.25, -0.2) is 0 Å². The van der Waals surface area contributed by atoms with E-state index in [4.69, 9.17) is 0 Å². The quantitative estimate of drug-likeness (QED) is 0.411. The van der Waals surface area contributed by atoms with Crippen LogP contribution in [-0.2, 0) is 6.54 Å². The smallest absolute Gasteiger partial charge is 0.274 e. The topological polar surface area (TPSA) is 78.0 Å². The van der Waals surface area contributed by atoms with E-state index in [1.54, 1.807) is 24.3 Å². The number of aromatic nitrogens is 2. The molecule has 0 unspecified atom stereocenters. The van der Waals surface area contributed by atoms with Gasteiger partial charge in [0.05, 0.1) is 22.7 Å². The molecule has 1 heterocycles. The number of nitro benzene ring substituents is 1. The molecular weight excluding hydrogens is 294 g/mol. The summed E-state index contributed by atoms with van der Waals surface area (Å²) in [5.74, 6) is 0. The van der Waals surface area contributed by atoms with Crippen LogP contribution in [0.2, 0.25) is 0 Å². The molecule has 0 saturated heterocycles. The van der Waals surface area contributed by atoms with Crippen LogP contribution < -0.4 is 0 Å². The molecule has 3 aromatic rings. The predicted octanol–water partition coefficient (Wildman–Crippen LogP) is 3.32. The highest BCUT2D eigenvalue weighted by Crippen LogP contribution is 2.22. The molecular formula is C17H13N3O3. The highest BCUT2D eigenvalue weighted by Gasteiger charge is 2.15. The maximum Gasteiger partial charge on any atom is 0.274 e. The number of hydrogen-bond acceptors (Lipinski definition) is 4. The lowest BCUT2D eigenvalue weighted by molar-refractivity contribution is -0.385. The van der Waals surface area contributed by atoms with Crippen molar-refractivity contribution >= 4 is 12.0 Å². The Morgan fingerprint density at radius 1 is 1.09 bits per heavy atom. The van der Waals surface area contributed by atoms with Gasteiger partial charge in [0.1, 0.15) is 5.69 Å². The molecule has 6 heteroatoms. The van der Waals surface area contributed by atoms with Crippen molar-refractivity contribution in [3.63, 3.8) is 0 Å². The van der Waals surface area contributed by atoms with Gasteiger partial charge < -0.3 is 0 Å².